The van der Waals surface area contributed by atoms with Gasteiger partial charge >= 0.3 is 6.09 Å². The summed E-state index contributed by atoms with van der Waals surface area (Å²) in [4.78, 5) is 32.5. The molecular formula is C24H34FN7O3. The largest absolute Gasteiger partial charge is 0.448 e. The third kappa shape index (κ3) is 7.36. The lowest BCUT2D eigenvalue weighted by Crippen LogP contribution is -2.41. The SMILES string of the molecule is CN(C)CCOC(=O)N1CCC(C(CC#N)n2cc(C(N)=O)c(N=C3C=CC(F)CCC3)n2)CC1. The Balaban J connectivity index is 1.73. The van der Waals surface area contributed by atoms with Crippen molar-refractivity contribution in [3.05, 3.63) is 23.9 Å². The molecule has 2 amide bonds. The number of nitrogens with zero attached hydrogens (tertiary/aromatic N) is 6. The van der Waals surface area contributed by atoms with Gasteiger partial charge < -0.3 is 20.3 Å². The lowest BCUT2D eigenvalue weighted by molar-refractivity contribution is 0.0760. The summed E-state index contributed by atoms with van der Waals surface area (Å²) in [6.45, 7) is 2.02. The minimum Gasteiger partial charge on any atom is -0.448 e. The number of primary amides is 1. The van der Waals surface area contributed by atoms with Crippen molar-refractivity contribution in [3.8, 4) is 6.07 Å². The predicted octanol–water partition coefficient (Wildman–Crippen LogP) is 3.00. The van der Waals surface area contributed by atoms with E-state index in [0.29, 0.717) is 64.1 Å². The maximum Gasteiger partial charge on any atom is 0.409 e. The van der Waals surface area contributed by atoms with Crippen molar-refractivity contribution in [2.24, 2.45) is 16.6 Å². The molecule has 1 aliphatic carbocycles. The lowest BCUT2D eigenvalue weighted by atomic mass is 9.88. The minimum absolute atomic E-state index is 0.0756. The second-order valence-corrected chi connectivity index (χ2v) is 9.25. The maximum atomic E-state index is 13.6. The fourth-order valence-electron chi connectivity index (χ4n) is 4.35. The first-order valence-corrected chi connectivity index (χ1v) is 12.0. The van der Waals surface area contributed by atoms with E-state index in [9.17, 15) is 19.2 Å². The lowest BCUT2D eigenvalue weighted by Gasteiger charge is -2.35. The fraction of sp³-hybridized carbons (Fsp3) is 0.625. The fourth-order valence-corrected chi connectivity index (χ4v) is 4.35. The molecule has 0 radical (unpaired) electrons. The third-order valence-corrected chi connectivity index (χ3v) is 6.38. The Bertz CT molecular complexity index is 990. The van der Waals surface area contributed by atoms with Crippen molar-refractivity contribution in [2.75, 3.05) is 40.3 Å². The number of carbonyl (C=O) groups is 2. The van der Waals surface area contributed by atoms with Gasteiger partial charge in [0, 0.05) is 31.5 Å². The van der Waals surface area contributed by atoms with Crippen molar-refractivity contribution in [1.29, 1.82) is 5.26 Å². The Morgan fingerprint density at radius 1 is 1.37 bits per heavy atom. The molecule has 1 aromatic rings. The molecule has 35 heavy (non-hydrogen) atoms. The summed E-state index contributed by atoms with van der Waals surface area (Å²) in [6.07, 6.45) is 6.48. The Morgan fingerprint density at radius 3 is 2.77 bits per heavy atom. The van der Waals surface area contributed by atoms with Crippen molar-refractivity contribution >= 4 is 23.5 Å². The number of allylic oxidation sites excluding steroid dienone is 2. The van der Waals surface area contributed by atoms with Crippen molar-refractivity contribution in [2.45, 2.75) is 50.7 Å². The van der Waals surface area contributed by atoms with E-state index in [4.69, 9.17) is 10.5 Å². The smallest absolute Gasteiger partial charge is 0.409 e. The van der Waals surface area contributed by atoms with Crippen LogP contribution in [0, 0.1) is 17.2 Å². The Morgan fingerprint density at radius 2 is 2.11 bits per heavy atom. The maximum absolute atomic E-state index is 13.6. The number of halogens is 1. The number of rotatable bonds is 8. The van der Waals surface area contributed by atoms with Crippen LogP contribution in [0.3, 0.4) is 0 Å². The van der Waals surface area contributed by atoms with Crippen LogP contribution >= 0.6 is 0 Å². The zero-order chi connectivity index (χ0) is 25.4. The number of aromatic nitrogens is 2. The van der Waals surface area contributed by atoms with Gasteiger partial charge in [0.25, 0.3) is 5.91 Å². The van der Waals surface area contributed by atoms with Crippen molar-refractivity contribution in [1.82, 2.24) is 19.6 Å². The quantitative estimate of drug-likeness (QED) is 0.600. The van der Waals surface area contributed by atoms with Crippen LogP contribution in [0.5, 0.6) is 0 Å². The van der Waals surface area contributed by atoms with E-state index in [2.05, 4.69) is 16.2 Å². The highest BCUT2D eigenvalue weighted by molar-refractivity contribution is 6.01. The Kier molecular flexibility index (Phi) is 9.37. The second kappa shape index (κ2) is 12.4. The number of likely N-dealkylation sites (N-methyl/N-ethyl adjacent to an activating group) is 1. The molecule has 2 aliphatic rings. The summed E-state index contributed by atoms with van der Waals surface area (Å²) >= 11 is 0. The highest BCUT2D eigenvalue weighted by atomic mass is 19.1. The zero-order valence-electron chi connectivity index (χ0n) is 20.4. The van der Waals surface area contributed by atoms with Gasteiger partial charge in [-0.25, -0.2) is 14.2 Å². The summed E-state index contributed by atoms with van der Waals surface area (Å²) < 4.78 is 20.6. The summed E-state index contributed by atoms with van der Waals surface area (Å²) in [7, 11) is 3.83. The van der Waals surface area contributed by atoms with Gasteiger partial charge in [-0.3, -0.25) is 9.48 Å². The molecule has 1 aliphatic heterocycles. The standard InChI is InChI=1S/C24H34FN7O3/c1-30(2)14-15-35-24(34)31-12-9-17(10-13-31)21(8-11-26)32-16-20(22(27)33)23(29-32)28-19-5-3-4-18(25)6-7-19/h6-7,16-18,21H,3-5,8-10,12-15H2,1-2H3,(H2,27,33). The first-order valence-electron chi connectivity index (χ1n) is 12.0. The minimum atomic E-state index is -1.01. The van der Waals surface area contributed by atoms with Gasteiger partial charge in [0.2, 0.25) is 0 Å². The van der Waals surface area contributed by atoms with Crippen molar-refractivity contribution < 1.29 is 18.7 Å². The van der Waals surface area contributed by atoms with Crippen LogP contribution in [-0.4, -0.2) is 83.8 Å². The van der Waals surface area contributed by atoms with E-state index >= 15 is 0 Å². The van der Waals surface area contributed by atoms with Gasteiger partial charge in [0.1, 0.15) is 18.3 Å². The summed E-state index contributed by atoms with van der Waals surface area (Å²) in [6, 6.07) is 1.92. The highest BCUT2D eigenvalue weighted by Gasteiger charge is 2.31. The molecule has 1 fully saturated rings. The molecule has 0 spiro atoms. The summed E-state index contributed by atoms with van der Waals surface area (Å²) in [5.41, 5.74) is 6.38. The van der Waals surface area contributed by atoms with Crippen LogP contribution in [0.25, 0.3) is 0 Å². The van der Waals surface area contributed by atoms with Gasteiger partial charge in [0.05, 0.1) is 18.5 Å². The van der Waals surface area contributed by atoms with Crippen LogP contribution < -0.4 is 5.73 Å². The van der Waals surface area contributed by atoms with Crippen LogP contribution in [0.4, 0.5) is 15.0 Å². The average molecular weight is 488 g/mol. The summed E-state index contributed by atoms with van der Waals surface area (Å²) in [5.74, 6) is -0.409. The normalized spacial score (nSPS) is 21.1. The van der Waals surface area contributed by atoms with E-state index in [-0.39, 0.29) is 35.9 Å². The molecule has 11 heteroatoms. The molecular weight excluding hydrogens is 453 g/mol. The number of alkyl halides is 1. The van der Waals surface area contributed by atoms with E-state index < -0.39 is 12.1 Å². The van der Waals surface area contributed by atoms with Gasteiger partial charge in [-0.05, 0) is 64.3 Å². The summed E-state index contributed by atoms with van der Waals surface area (Å²) in [5, 5.41) is 14.0. The molecule has 10 nitrogen and oxygen atoms in total. The van der Waals surface area contributed by atoms with Gasteiger partial charge in [-0.15, -0.1) is 0 Å². The molecule has 0 bridgehead atoms. The van der Waals surface area contributed by atoms with E-state index in [1.54, 1.807) is 21.9 Å². The average Bonchev–Trinajstić information content (AvgIpc) is 3.13. The Labute approximate surface area is 205 Å². The first-order chi connectivity index (χ1) is 16.8. The number of carbonyl (C=O) groups excluding carboxylic acids is 2. The van der Waals surface area contributed by atoms with Gasteiger partial charge in [0.15, 0.2) is 5.82 Å². The van der Waals surface area contributed by atoms with Gasteiger partial charge in [-0.2, -0.15) is 10.4 Å². The first kappa shape index (κ1) is 26.3. The van der Waals surface area contributed by atoms with Gasteiger partial charge in [-0.1, -0.05) is 0 Å². The number of hydrogen-bond acceptors (Lipinski definition) is 7. The van der Waals surface area contributed by atoms with E-state index in [1.165, 1.54) is 6.08 Å². The number of aliphatic imine (C=N–C) groups is 1. The molecule has 3 rings (SSSR count). The van der Waals surface area contributed by atoms with Crippen LogP contribution in [0.1, 0.15) is 54.9 Å². The highest BCUT2D eigenvalue weighted by Crippen LogP contribution is 2.33. The van der Waals surface area contributed by atoms with Crippen LogP contribution in [-0.2, 0) is 4.74 Å². The third-order valence-electron chi connectivity index (χ3n) is 6.38. The monoisotopic (exact) mass is 487 g/mol. The van der Waals surface area contributed by atoms with E-state index in [1.807, 2.05) is 19.0 Å². The molecule has 1 aromatic heterocycles. The Hall–Kier alpha value is -3.26. The number of nitriles is 1. The number of hydrogen-bond donors (Lipinski definition) is 1. The zero-order valence-corrected chi connectivity index (χ0v) is 20.4. The molecule has 0 aromatic carbocycles. The molecule has 190 valence electrons. The second-order valence-electron chi connectivity index (χ2n) is 9.25. The van der Waals surface area contributed by atoms with E-state index in [0.717, 1.165) is 0 Å². The number of piperidine rings is 1. The number of ether oxygens (including phenoxy) is 1. The molecule has 2 atom stereocenters. The van der Waals surface area contributed by atoms with Crippen molar-refractivity contribution in [3.63, 3.8) is 0 Å². The topological polar surface area (TPSA) is 130 Å². The molecule has 2 heterocycles. The molecule has 2 N–H and O–H groups in total. The van der Waals surface area contributed by atoms with Crippen LogP contribution in [0.15, 0.2) is 23.3 Å². The number of amides is 2. The van der Waals surface area contributed by atoms with Crippen LogP contribution in [0.2, 0.25) is 0 Å². The molecule has 0 saturated carbocycles. The predicted molar refractivity (Wildman–Crippen MR) is 129 cm³/mol. The number of likely N-dealkylation sites (tertiary alicyclic amines) is 1. The molecule has 2 unspecified atom stereocenters. The molecule has 1 saturated heterocycles. The number of nitrogens with two attached hydrogens (primary N) is 1.